The first-order valence-corrected chi connectivity index (χ1v) is 13.9. The Balaban J connectivity index is 1.38. The van der Waals surface area contributed by atoms with Crippen LogP contribution in [0, 0.1) is 6.92 Å². The van der Waals surface area contributed by atoms with Gasteiger partial charge in [-0.05, 0) is 43.2 Å². The first-order valence-electron chi connectivity index (χ1n) is 10.9. The summed E-state index contributed by atoms with van der Waals surface area (Å²) in [6.07, 6.45) is 2.71. The largest absolute Gasteiger partial charge is 0.378 e. The number of hydrogen-bond acceptors (Lipinski definition) is 8. The second kappa shape index (κ2) is 11.4. The molecule has 2 aromatic rings. The molecule has 33 heavy (non-hydrogen) atoms. The van der Waals surface area contributed by atoms with E-state index in [4.69, 9.17) is 8.92 Å². The van der Waals surface area contributed by atoms with E-state index in [1.807, 2.05) is 19.1 Å². The molecule has 0 N–H and O–H groups in total. The molecular weight excluding hydrogens is 466 g/mol. The zero-order valence-electron chi connectivity index (χ0n) is 19.0. The van der Waals surface area contributed by atoms with Crippen molar-refractivity contribution < 1.29 is 25.8 Å². The van der Waals surface area contributed by atoms with Crippen LogP contribution in [0.1, 0.15) is 18.1 Å². The summed E-state index contributed by atoms with van der Waals surface area (Å²) in [6.45, 7) is 5.64. The van der Waals surface area contributed by atoms with E-state index in [9.17, 15) is 16.8 Å². The monoisotopic (exact) mass is 497 g/mol. The maximum Gasteiger partial charge on any atom is 0.297 e. The minimum Gasteiger partial charge on any atom is -0.378 e. The Morgan fingerprint density at radius 2 is 1.64 bits per heavy atom. The van der Waals surface area contributed by atoms with Gasteiger partial charge in [-0.15, -0.1) is 0 Å². The van der Waals surface area contributed by atoms with Crippen LogP contribution < -0.4 is 4.90 Å². The first kappa shape index (κ1) is 25.6. The van der Waals surface area contributed by atoms with Gasteiger partial charge in [0.15, 0.2) is 0 Å². The molecule has 0 saturated carbocycles. The second-order valence-electron chi connectivity index (χ2n) is 7.78. The summed E-state index contributed by atoms with van der Waals surface area (Å²) in [4.78, 5) is 6.57. The Hall–Kier alpha value is -2.05. The topological polar surface area (TPSA) is 106 Å². The van der Waals surface area contributed by atoms with Gasteiger partial charge in [0, 0.05) is 32.4 Å². The number of piperazine rings is 1. The third kappa shape index (κ3) is 7.21. The van der Waals surface area contributed by atoms with Gasteiger partial charge in [-0.1, -0.05) is 24.6 Å². The predicted octanol–water partition coefficient (Wildman–Crippen LogP) is 1.83. The van der Waals surface area contributed by atoms with Crippen molar-refractivity contribution in [1.29, 1.82) is 0 Å². The number of sulfonamides is 1. The SMILES string of the molecule is CCc1ccnc(N2CCN(S(=O)(=O)CCOCCOS(=O)(=O)c3ccc(C)cc3)CC2)c1. The summed E-state index contributed by atoms with van der Waals surface area (Å²) in [5.41, 5.74) is 2.14. The molecule has 0 amide bonds. The number of ether oxygens (including phenoxy) is 1. The van der Waals surface area contributed by atoms with E-state index in [1.165, 1.54) is 22.0 Å². The molecule has 0 bridgehead atoms. The molecule has 0 aliphatic carbocycles. The number of rotatable bonds is 11. The van der Waals surface area contributed by atoms with Crippen LogP contribution in [-0.4, -0.2) is 77.9 Å². The van der Waals surface area contributed by atoms with Gasteiger partial charge < -0.3 is 9.64 Å². The quantitative estimate of drug-likeness (QED) is 0.342. The number of aryl methyl sites for hydroxylation is 2. The van der Waals surface area contributed by atoms with Gasteiger partial charge in [0.2, 0.25) is 10.0 Å². The molecule has 11 heteroatoms. The van der Waals surface area contributed by atoms with E-state index in [-0.39, 0.29) is 30.5 Å². The highest BCUT2D eigenvalue weighted by atomic mass is 32.2. The fraction of sp³-hybridized carbons (Fsp3) is 0.500. The molecule has 9 nitrogen and oxygen atoms in total. The fourth-order valence-electron chi connectivity index (χ4n) is 3.42. The third-order valence-electron chi connectivity index (χ3n) is 5.44. The van der Waals surface area contributed by atoms with Crippen molar-refractivity contribution >= 4 is 26.0 Å². The zero-order chi connectivity index (χ0) is 23.9. The van der Waals surface area contributed by atoms with Gasteiger partial charge in [-0.25, -0.2) is 13.4 Å². The molecular formula is C22H31N3O6S2. The highest BCUT2D eigenvalue weighted by molar-refractivity contribution is 7.89. The standard InChI is InChI=1S/C22H31N3O6S2/c1-3-20-8-9-23-22(18-20)24-10-12-25(13-11-24)32(26,27)17-16-30-14-15-31-33(28,29)21-6-4-19(2)5-7-21/h4-9,18H,3,10-17H2,1-2H3. The summed E-state index contributed by atoms with van der Waals surface area (Å²) in [5, 5.41) is 0. The van der Waals surface area contributed by atoms with Crippen LogP contribution >= 0.6 is 0 Å². The van der Waals surface area contributed by atoms with Crippen molar-refractivity contribution in [3.05, 3.63) is 53.7 Å². The molecule has 1 fully saturated rings. The van der Waals surface area contributed by atoms with Gasteiger partial charge >= 0.3 is 0 Å². The molecule has 0 spiro atoms. The van der Waals surface area contributed by atoms with Crippen molar-refractivity contribution in [2.45, 2.75) is 25.2 Å². The summed E-state index contributed by atoms with van der Waals surface area (Å²) in [5.74, 6) is 0.705. The van der Waals surface area contributed by atoms with Crippen LogP contribution in [0.4, 0.5) is 5.82 Å². The molecule has 182 valence electrons. The minimum atomic E-state index is -3.86. The maximum atomic E-state index is 12.6. The van der Waals surface area contributed by atoms with Gasteiger partial charge in [-0.3, -0.25) is 4.18 Å². The molecule has 0 radical (unpaired) electrons. The molecule has 2 heterocycles. The highest BCUT2D eigenvalue weighted by Gasteiger charge is 2.27. The van der Waals surface area contributed by atoms with E-state index in [2.05, 4.69) is 16.8 Å². The van der Waals surface area contributed by atoms with E-state index in [0.29, 0.717) is 26.2 Å². The Morgan fingerprint density at radius 3 is 2.30 bits per heavy atom. The summed E-state index contributed by atoms with van der Waals surface area (Å²) >= 11 is 0. The van der Waals surface area contributed by atoms with Crippen LogP contribution in [0.15, 0.2) is 47.5 Å². The lowest BCUT2D eigenvalue weighted by molar-refractivity contribution is 0.113. The Kier molecular flexibility index (Phi) is 8.82. The summed E-state index contributed by atoms with van der Waals surface area (Å²) in [7, 11) is -7.32. The van der Waals surface area contributed by atoms with E-state index < -0.39 is 20.1 Å². The molecule has 1 saturated heterocycles. The lowest BCUT2D eigenvalue weighted by Gasteiger charge is -2.34. The second-order valence-corrected chi connectivity index (χ2v) is 11.5. The number of nitrogens with zero attached hydrogens (tertiary/aromatic N) is 3. The molecule has 1 aliphatic heterocycles. The van der Waals surface area contributed by atoms with Crippen LogP contribution in [0.3, 0.4) is 0 Å². The molecule has 1 aliphatic rings. The van der Waals surface area contributed by atoms with Crippen molar-refractivity contribution in [3.8, 4) is 0 Å². The Labute approximate surface area is 196 Å². The lowest BCUT2D eigenvalue weighted by Crippen LogP contribution is -2.49. The normalized spacial score (nSPS) is 15.6. The van der Waals surface area contributed by atoms with Crippen molar-refractivity contribution in [1.82, 2.24) is 9.29 Å². The maximum absolute atomic E-state index is 12.6. The van der Waals surface area contributed by atoms with E-state index in [1.54, 1.807) is 18.3 Å². The van der Waals surface area contributed by atoms with Crippen molar-refractivity contribution in [2.75, 3.05) is 56.7 Å². The van der Waals surface area contributed by atoms with E-state index >= 15 is 0 Å². The number of pyridine rings is 1. The van der Waals surface area contributed by atoms with Gasteiger partial charge in [-0.2, -0.15) is 12.7 Å². The average Bonchev–Trinajstić information content (AvgIpc) is 2.81. The number of benzene rings is 1. The van der Waals surface area contributed by atoms with Crippen molar-refractivity contribution in [2.24, 2.45) is 0 Å². The van der Waals surface area contributed by atoms with E-state index in [0.717, 1.165) is 17.8 Å². The van der Waals surface area contributed by atoms with Crippen LogP contribution in [0.25, 0.3) is 0 Å². The van der Waals surface area contributed by atoms with Crippen LogP contribution in [0.2, 0.25) is 0 Å². The van der Waals surface area contributed by atoms with Crippen molar-refractivity contribution in [3.63, 3.8) is 0 Å². The minimum absolute atomic E-state index is 0.0200. The predicted molar refractivity (Wildman–Crippen MR) is 126 cm³/mol. The smallest absolute Gasteiger partial charge is 0.297 e. The molecule has 0 unspecified atom stereocenters. The van der Waals surface area contributed by atoms with Gasteiger partial charge in [0.1, 0.15) is 5.82 Å². The molecule has 1 aromatic carbocycles. The lowest BCUT2D eigenvalue weighted by atomic mass is 10.2. The summed E-state index contributed by atoms with van der Waals surface area (Å²) < 4.78 is 61.2. The molecule has 1 aromatic heterocycles. The van der Waals surface area contributed by atoms with Gasteiger partial charge in [0.05, 0.1) is 30.5 Å². The average molecular weight is 498 g/mol. The fourth-order valence-corrected chi connectivity index (χ4v) is 5.62. The Morgan fingerprint density at radius 1 is 0.939 bits per heavy atom. The first-order chi connectivity index (χ1) is 15.7. The number of aromatic nitrogens is 1. The zero-order valence-corrected chi connectivity index (χ0v) is 20.6. The Bertz CT molecular complexity index is 1110. The number of anilines is 1. The number of hydrogen-bond donors (Lipinski definition) is 0. The highest BCUT2D eigenvalue weighted by Crippen LogP contribution is 2.17. The summed E-state index contributed by atoms with van der Waals surface area (Å²) in [6, 6.07) is 10.4. The molecule has 3 rings (SSSR count). The van der Waals surface area contributed by atoms with Crippen LogP contribution in [-0.2, 0) is 35.5 Å². The van der Waals surface area contributed by atoms with Crippen LogP contribution in [0.5, 0.6) is 0 Å². The molecule has 0 atom stereocenters. The van der Waals surface area contributed by atoms with Gasteiger partial charge in [0.25, 0.3) is 10.1 Å². The third-order valence-corrected chi connectivity index (χ3v) is 8.60.